The third kappa shape index (κ3) is 3.58. The molecule has 0 unspecified atom stereocenters. The first-order valence-corrected chi connectivity index (χ1v) is 7.87. The van der Waals surface area contributed by atoms with E-state index >= 15 is 0 Å². The number of rotatable bonds is 2. The van der Waals surface area contributed by atoms with E-state index in [0.29, 0.717) is 0 Å². The lowest BCUT2D eigenvalue weighted by molar-refractivity contribution is 0.0758. The quantitative estimate of drug-likeness (QED) is 0.911. The van der Waals surface area contributed by atoms with Crippen LogP contribution in [0.1, 0.15) is 35.7 Å². The maximum Gasteiger partial charge on any atom is 0.253 e. The van der Waals surface area contributed by atoms with E-state index in [-0.39, 0.29) is 18.3 Å². The molecule has 2 atom stereocenters. The van der Waals surface area contributed by atoms with Crippen molar-refractivity contribution in [1.82, 2.24) is 10.2 Å². The second-order valence-electron chi connectivity index (χ2n) is 6.10. The number of carbonyl (C=O) groups is 1. The number of benzene rings is 1. The van der Waals surface area contributed by atoms with Gasteiger partial charge in [0.1, 0.15) is 0 Å². The molecule has 0 bridgehead atoms. The molecule has 0 saturated carbocycles. The third-order valence-corrected chi connectivity index (χ3v) is 4.92. The van der Waals surface area contributed by atoms with Crippen LogP contribution in [-0.2, 0) is 6.42 Å². The largest absolute Gasteiger partial charge is 0.339 e. The molecule has 2 heterocycles. The predicted octanol–water partition coefficient (Wildman–Crippen LogP) is 2.74. The Morgan fingerprint density at radius 2 is 1.71 bits per heavy atom. The molecule has 2 aliphatic heterocycles. The normalized spacial score (nSPS) is 24.9. The highest BCUT2D eigenvalue weighted by atomic mass is 35.5. The SMILES string of the molecule is CCc1ccc(C(=O)N2CC[C@@H]3CNC[C@@H]3CC2)cc1.Cl. The predicted molar refractivity (Wildman–Crippen MR) is 88.1 cm³/mol. The van der Waals surface area contributed by atoms with E-state index in [4.69, 9.17) is 0 Å². The zero-order chi connectivity index (χ0) is 13.9. The lowest BCUT2D eigenvalue weighted by Gasteiger charge is -2.21. The molecule has 0 aromatic heterocycles. The van der Waals surface area contributed by atoms with Gasteiger partial charge in [-0.05, 0) is 61.9 Å². The molecule has 4 heteroatoms. The van der Waals surface area contributed by atoms with Gasteiger partial charge in [-0.2, -0.15) is 0 Å². The summed E-state index contributed by atoms with van der Waals surface area (Å²) in [5.41, 5.74) is 2.13. The second kappa shape index (κ2) is 7.28. The van der Waals surface area contributed by atoms with Gasteiger partial charge in [-0.1, -0.05) is 19.1 Å². The summed E-state index contributed by atoms with van der Waals surface area (Å²) >= 11 is 0. The Balaban J connectivity index is 0.00000161. The average molecular weight is 309 g/mol. The Hall–Kier alpha value is -1.06. The van der Waals surface area contributed by atoms with E-state index in [1.54, 1.807) is 0 Å². The lowest BCUT2D eigenvalue weighted by Crippen LogP contribution is -2.32. The van der Waals surface area contributed by atoms with Gasteiger partial charge >= 0.3 is 0 Å². The maximum atomic E-state index is 12.6. The fourth-order valence-corrected chi connectivity index (χ4v) is 3.49. The van der Waals surface area contributed by atoms with Crippen LogP contribution in [0.4, 0.5) is 0 Å². The molecule has 2 fully saturated rings. The number of nitrogens with one attached hydrogen (secondary N) is 1. The fraction of sp³-hybridized carbons (Fsp3) is 0.588. The van der Waals surface area contributed by atoms with Crippen LogP contribution < -0.4 is 5.32 Å². The number of hydrogen-bond acceptors (Lipinski definition) is 2. The number of likely N-dealkylation sites (tertiary alicyclic amines) is 1. The van der Waals surface area contributed by atoms with E-state index in [9.17, 15) is 4.79 Å². The summed E-state index contributed by atoms with van der Waals surface area (Å²) in [7, 11) is 0. The van der Waals surface area contributed by atoms with Crippen LogP contribution in [0.15, 0.2) is 24.3 Å². The number of hydrogen-bond donors (Lipinski definition) is 1. The first kappa shape index (κ1) is 16.3. The molecular weight excluding hydrogens is 284 g/mol. The van der Waals surface area contributed by atoms with Crippen LogP contribution in [0.25, 0.3) is 0 Å². The van der Waals surface area contributed by atoms with Gasteiger partial charge < -0.3 is 10.2 Å². The Morgan fingerprint density at radius 3 is 2.24 bits per heavy atom. The topological polar surface area (TPSA) is 32.3 Å². The minimum atomic E-state index is 0. The molecule has 1 N–H and O–H groups in total. The molecular formula is C17H25ClN2O. The summed E-state index contributed by atoms with van der Waals surface area (Å²) in [4.78, 5) is 14.6. The van der Waals surface area contributed by atoms with E-state index < -0.39 is 0 Å². The standard InChI is InChI=1S/C17H24N2O.ClH/c1-2-13-3-5-14(6-4-13)17(20)19-9-7-15-11-18-12-16(15)8-10-19;/h3-6,15-16,18H,2,7-12H2,1H3;1H/t15-,16+;. The monoisotopic (exact) mass is 308 g/mol. The smallest absolute Gasteiger partial charge is 0.253 e. The van der Waals surface area contributed by atoms with Crippen LogP contribution >= 0.6 is 12.4 Å². The number of carbonyl (C=O) groups excluding carboxylic acids is 1. The molecule has 1 aromatic rings. The summed E-state index contributed by atoms with van der Waals surface area (Å²) < 4.78 is 0. The van der Waals surface area contributed by atoms with Crippen molar-refractivity contribution in [2.45, 2.75) is 26.2 Å². The first-order chi connectivity index (χ1) is 9.78. The molecule has 1 amide bonds. The highest BCUT2D eigenvalue weighted by Gasteiger charge is 2.31. The molecule has 2 aliphatic rings. The summed E-state index contributed by atoms with van der Waals surface area (Å²) in [6, 6.07) is 8.11. The lowest BCUT2D eigenvalue weighted by atomic mass is 9.92. The van der Waals surface area contributed by atoms with E-state index in [1.807, 2.05) is 12.1 Å². The summed E-state index contributed by atoms with van der Waals surface area (Å²) in [6.07, 6.45) is 3.32. The van der Waals surface area contributed by atoms with Gasteiger partial charge in [-0.25, -0.2) is 0 Å². The molecule has 21 heavy (non-hydrogen) atoms. The Bertz CT molecular complexity index is 460. The van der Waals surface area contributed by atoms with Crippen molar-refractivity contribution in [1.29, 1.82) is 0 Å². The van der Waals surface area contributed by atoms with E-state index in [0.717, 1.165) is 62.8 Å². The van der Waals surface area contributed by atoms with E-state index in [2.05, 4.69) is 29.3 Å². The van der Waals surface area contributed by atoms with Crippen molar-refractivity contribution in [3.8, 4) is 0 Å². The molecule has 1 aromatic carbocycles. The highest BCUT2D eigenvalue weighted by Crippen LogP contribution is 2.27. The molecule has 116 valence electrons. The van der Waals surface area contributed by atoms with Crippen LogP contribution in [0.2, 0.25) is 0 Å². The molecule has 0 spiro atoms. The summed E-state index contributed by atoms with van der Waals surface area (Å²) in [6.45, 7) is 6.24. The van der Waals surface area contributed by atoms with E-state index in [1.165, 1.54) is 5.56 Å². The molecule has 3 nitrogen and oxygen atoms in total. The number of aryl methyl sites for hydroxylation is 1. The molecule has 0 aliphatic carbocycles. The minimum Gasteiger partial charge on any atom is -0.339 e. The van der Waals surface area contributed by atoms with Crippen molar-refractivity contribution in [3.63, 3.8) is 0 Å². The number of fused-ring (bicyclic) bond motifs is 1. The average Bonchev–Trinajstić information content (AvgIpc) is 2.85. The van der Waals surface area contributed by atoms with Gasteiger partial charge in [-0.15, -0.1) is 12.4 Å². The summed E-state index contributed by atoms with van der Waals surface area (Å²) in [5, 5.41) is 3.48. The fourth-order valence-electron chi connectivity index (χ4n) is 3.49. The van der Waals surface area contributed by atoms with Crippen LogP contribution in [0.5, 0.6) is 0 Å². The van der Waals surface area contributed by atoms with Crippen molar-refractivity contribution in [3.05, 3.63) is 35.4 Å². The van der Waals surface area contributed by atoms with Gasteiger partial charge in [0.15, 0.2) is 0 Å². The Kier molecular flexibility index (Phi) is 5.65. The number of amides is 1. The third-order valence-electron chi connectivity index (χ3n) is 4.92. The maximum absolute atomic E-state index is 12.6. The zero-order valence-corrected chi connectivity index (χ0v) is 13.5. The van der Waals surface area contributed by atoms with Gasteiger partial charge in [0.2, 0.25) is 0 Å². The van der Waals surface area contributed by atoms with Crippen molar-refractivity contribution in [2.24, 2.45) is 11.8 Å². The first-order valence-electron chi connectivity index (χ1n) is 7.87. The van der Waals surface area contributed by atoms with Crippen LogP contribution in [-0.4, -0.2) is 37.0 Å². The van der Waals surface area contributed by atoms with Gasteiger partial charge in [0.25, 0.3) is 5.91 Å². The number of halogens is 1. The van der Waals surface area contributed by atoms with Crippen molar-refractivity contribution >= 4 is 18.3 Å². The van der Waals surface area contributed by atoms with Crippen LogP contribution in [0.3, 0.4) is 0 Å². The molecule has 3 rings (SSSR count). The number of nitrogens with zero attached hydrogens (tertiary/aromatic N) is 1. The van der Waals surface area contributed by atoms with Gasteiger partial charge in [-0.3, -0.25) is 4.79 Å². The van der Waals surface area contributed by atoms with Crippen molar-refractivity contribution < 1.29 is 4.79 Å². The Morgan fingerprint density at radius 1 is 1.14 bits per heavy atom. The summed E-state index contributed by atoms with van der Waals surface area (Å²) in [5.74, 6) is 1.76. The minimum absolute atomic E-state index is 0. The van der Waals surface area contributed by atoms with Gasteiger partial charge in [0.05, 0.1) is 0 Å². The Labute approximate surface area is 133 Å². The van der Waals surface area contributed by atoms with Crippen LogP contribution in [0, 0.1) is 11.8 Å². The highest BCUT2D eigenvalue weighted by molar-refractivity contribution is 5.94. The van der Waals surface area contributed by atoms with Gasteiger partial charge in [0, 0.05) is 18.7 Å². The zero-order valence-electron chi connectivity index (χ0n) is 12.7. The second-order valence-corrected chi connectivity index (χ2v) is 6.10. The molecule has 2 saturated heterocycles. The molecule has 0 radical (unpaired) electrons. The van der Waals surface area contributed by atoms with Crippen molar-refractivity contribution in [2.75, 3.05) is 26.2 Å².